The standard InChI is InChI=1S/C19H33N3/c1-17(2,3)15-9-8-13-12-14(21-22-20)10-11-19(13,7)16(15)18(4,5)6/h8,14-16H,9-12H2,1-7H3/t14-,15?,16?,19-/m0/s1. The van der Waals surface area contributed by atoms with Crippen LogP contribution in [0.2, 0.25) is 0 Å². The predicted octanol–water partition coefficient (Wildman–Crippen LogP) is 6.51. The van der Waals surface area contributed by atoms with Gasteiger partial charge in [0.05, 0.1) is 0 Å². The van der Waals surface area contributed by atoms with Crippen LogP contribution in [0.5, 0.6) is 0 Å². The molecule has 3 nitrogen and oxygen atoms in total. The lowest BCUT2D eigenvalue weighted by atomic mass is 9.47. The first-order valence-electron chi connectivity index (χ1n) is 8.74. The number of azide groups is 1. The molecule has 2 aliphatic rings. The van der Waals surface area contributed by atoms with E-state index in [-0.39, 0.29) is 16.9 Å². The van der Waals surface area contributed by atoms with Gasteiger partial charge in [-0.3, -0.25) is 0 Å². The number of hydrogen-bond donors (Lipinski definition) is 0. The fourth-order valence-electron chi connectivity index (χ4n) is 5.32. The molecule has 0 spiro atoms. The molecular weight excluding hydrogens is 270 g/mol. The molecule has 2 aliphatic carbocycles. The molecule has 0 N–H and O–H groups in total. The van der Waals surface area contributed by atoms with Crippen LogP contribution >= 0.6 is 0 Å². The van der Waals surface area contributed by atoms with Gasteiger partial charge < -0.3 is 0 Å². The van der Waals surface area contributed by atoms with Crippen molar-refractivity contribution in [2.45, 2.75) is 80.2 Å². The van der Waals surface area contributed by atoms with E-state index in [0.29, 0.717) is 17.3 Å². The summed E-state index contributed by atoms with van der Waals surface area (Å²) in [5.74, 6) is 1.38. The van der Waals surface area contributed by atoms with Crippen molar-refractivity contribution in [2.24, 2.45) is 33.2 Å². The summed E-state index contributed by atoms with van der Waals surface area (Å²) in [7, 11) is 0. The Labute approximate surface area is 136 Å². The van der Waals surface area contributed by atoms with Gasteiger partial charge in [0.1, 0.15) is 0 Å². The van der Waals surface area contributed by atoms with E-state index in [4.69, 9.17) is 5.53 Å². The highest BCUT2D eigenvalue weighted by atomic mass is 15.1. The second kappa shape index (κ2) is 5.60. The van der Waals surface area contributed by atoms with Gasteiger partial charge in [-0.25, -0.2) is 0 Å². The second-order valence-electron chi connectivity index (χ2n) is 9.80. The van der Waals surface area contributed by atoms with E-state index in [1.807, 2.05) is 0 Å². The zero-order valence-electron chi connectivity index (χ0n) is 15.5. The summed E-state index contributed by atoms with van der Waals surface area (Å²) in [6.45, 7) is 16.9. The van der Waals surface area contributed by atoms with E-state index in [9.17, 15) is 0 Å². The van der Waals surface area contributed by atoms with Crippen molar-refractivity contribution in [3.8, 4) is 0 Å². The maximum Gasteiger partial charge on any atom is 0.0411 e. The third-order valence-electron chi connectivity index (χ3n) is 6.15. The van der Waals surface area contributed by atoms with E-state index in [0.717, 1.165) is 19.3 Å². The third-order valence-corrected chi connectivity index (χ3v) is 6.15. The van der Waals surface area contributed by atoms with Crippen LogP contribution in [0.25, 0.3) is 10.4 Å². The minimum absolute atomic E-state index is 0.163. The molecule has 1 saturated carbocycles. The summed E-state index contributed by atoms with van der Waals surface area (Å²) in [5.41, 5.74) is 11.2. The van der Waals surface area contributed by atoms with Crippen molar-refractivity contribution in [3.05, 3.63) is 22.1 Å². The molecule has 0 amide bonds. The van der Waals surface area contributed by atoms with E-state index < -0.39 is 0 Å². The van der Waals surface area contributed by atoms with Gasteiger partial charge in [-0.2, -0.15) is 0 Å². The van der Waals surface area contributed by atoms with Crippen LogP contribution in [0, 0.1) is 28.1 Å². The van der Waals surface area contributed by atoms with Crippen LogP contribution in [0.3, 0.4) is 0 Å². The molecule has 0 saturated heterocycles. The number of hydrogen-bond acceptors (Lipinski definition) is 1. The molecule has 22 heavy (non-hydrogen) atoms. The van der Waals surface area contributed by atoms with E-state index in [1.165, 1.54) is 6.42 Å². The molecule has 2 unspecified atom stereocenters. The Bertz CT molecular complexity index is 500. The van der Waals surface area contributed by atoms with Crippen molar-refractivity contribution in [1.82, 2.24) is 0 Å². The highest BCUT2D eigenvalue weighted by molar-refractivity contribution is 5.25. The average Bonchev–Trinajstić information content (AvgIpc) is 2.35. The molecule has 4 atom stereocenters. The van der Waals surface area contributed by atoms with Crippen molar-refractivity contribution >= 4 is 0 Å². The van der Waals surface area contributed by atoms with Crippen LogP contribution in [0.15, 0.2) is 16.8 Å². The fourth-order valence-corrected chi connectivity index (χ4v) is 5.32. The lowest BCUT2D eigenvalue weighted by Crippen LogP contribution is -2.50. The number of fused-ring (bicyclic) bond motifs is 1. The molecule has 0 bridgehead atoms. The maximum atomic E-state index is 8.75. The molecule has 0 aromatic heterocycles. The normalized spacial score (nSPS) is 36.1. The van der Waals surface area contributed by atoms with Crippen LogP contribution < -0.4 is 0 Å². The molecule has 1 fully saturated rings. The third kappa shape index (κ3) is 3.06. The number of allylic oxidation sites excluding steroid dienone is 1. The lowest BCUT2D eigenvalue weighted by molar-refractivity contribution is -0.0309. The Kier molecular flexibility index (Phi) is 4.43. The molecule has 0 heterocycles. The van der Waals surface area contributed by atoms with E-state index in [1.54, 1.807) is 5.57 Å². The van der Waals surface area contributed by atoms with Crippen LogP contribution in [0.4, 0.5) is 0 Å². The van der Waals surface area contributed by atoms with Crippen LogP contribution in [-0.2, 0) is 0 Å². The van der Waals surface area contributed by atoms with Crippen molar-refractivity contribution in [1.29, 1.82) is 0 Å². The summed E-state index contributed by atoms with van der Waals surface area (Å²) >= 11 is 0. The molecule has 0 radical (unpaired) electrons. The number of rotatable bonds is 1. The molecule has 0 aromatic carbocycles. The van der Waals surface area contributed by atoms with Crippen molar-refractivity contribution in [2.75, 3.05) is 0 Å². The smallest absolute Gasteiger partial charge is 0.0411 e. The van der Waals surface area contributed by atoms with Gasteiger partial charge in [0.25, 0.3) is 0 Å². The molecule has 124 valence electrons. The van der Waals surface area contributed by atoms with Crippen molar-refractivity contribution in [3.63, 3.8) is 0 Å². The van der Waals surface area contributed by atoms with Gasteiger partial charge in [-0.05, 0) is 59.3 Å². The Balaban J connectivity index is 2.44. The van der Waals surface area contributed by atoms with Gasteiger partial charge in [-0.15, -0.1) is 0 Å². The second-order valence-corrected chi connectivity index (χ2v) is 9.80. The molecular formula is C19H33N3. The van der Waals surface area contributed by atoms with E-state index in [2.05, 4.69) is 64.6 Å². The summed E-state index contributed by atoms with van der Waals surface area (Å²) < 4.78 is 0. The van der Waals surface area contributed by atoms with Crippen LogP contribution in [-0.4, -0.2) is 6.04 Å². The van der Waals surface area contributed by atoms with Gasteiger partial charge in [0.15, 0.2) is 0 Å². The number of nitrogens with zero attached hydrogens (tertiary/aromatic N) is 3. The van der Waals surface area contributed by atoms with Gasteiger partial charge in [0.2, 0.25) is 0 Å². The SMILES string of the molecule is CC(C)(C)C1CC=C2C[C@@H](N=[N+]=[N-])CC[C@]2(C)C1C(C)(C)C. The molecule has 0 aromatic rings. The Hall–Kier alpha value is -0.950. The van der Waals surface area contributed by atoms with E-state index >= 15 is 0 Å². The van der Waals surface area contributed by atoms with Gasteiger partial charge >= 0.3 is 0 Å². The van der Waals surface area contributed by atoms with Crippen molar-refractivity contribution < 1.29 is 0 Å². The van der Waals surface area contributed by atoms with Crippen LogP contribution in [0.1, 0.15) is 74.1 Å². The quantitative estimate of drug-likeness (QED) is 0.229. The topological polar surface area (TPSA) is 48.8 Å². The zero-order valence-corrected chi connectivity index (χ0v) is 15.5. The monoisotopic (exact) mass is 303 g/mol. The fraction of sp³-hybridized carbons (Fsp3) is 0.895. The first-order valence-corrected chi connectivity index (χ1v) is 8.74. The maximum absolute atomic E-state index is 8.75. The predicted molar refractivity (Wildman–Crippen MR) is 93.5 cm³/mol. The Morgan fingerprint density at radius 1 is 1.18 bits per heavy atom. The highest BCUT2D eigenvalue weighted by Gasteiger charge is 2.53. The summed E-state index contributed by atoms with van der Waals surface area (Å²) in [6, 6.07) is 0.163. The first kappa shape index (κ1) is 17.4. The van der Waals surface area contributed by atoms with Gasteiger partial charge in [0, 0.05) is 11.0 Å². The Morgan fingerprint density at radius 2 is 1.82 bits per heavy atom. The minimum Gasteiger partial charge on any atom is -0.0903 e. The highest BCUT2D eigenvalue weighted by Crippen LogP contribution is 2.61. The Morgan fingerprint density at radius 3 is 2.32 bits per heavy atom. The molecule has 0 aliphatic heterocycles. The zero-order chi connectivity index (χ0) is 16.8. The minimum atomic E-state index is 0.163. The molecule has 2 rings (SSSR count). The van der Waals surface area contributed by atoms with Gasteiger partial charge in [-0.1, -0.05) is 65.2 Å². The summed E-state index contributed by atoms with van der Waals surface area (Å²) in [6.07, 6.45) is 6.79. The molecule has 3 heteroatoms. The largest absolute Gasteiger partial charge is 0.0903 e. The summed E-state index contributed by atoms with van der Waals surface area (Å²) in [4.78, 5) is 3.04. The summed E-state index contributed by atoms with van der Waals surface area (Å²) in [5, 5.41) is 4.00. The first-order chi connectivity index (χ1) is 10.00. The average molecular weight is 303 g/mol. The lowest BCUT2D eigenvalue weighted by Gasteiger charge is -2.58.